The van der Waals surface area contributed by atoms with Crippen molar-refractivity contribution in [2.75, 3.05) is 7.05 Å². The van der Waals surface area contributed by atoms with Crippen LogP contribution >= 0.6 is 0 Å². The first kappa shape index (κ1) is 19.0. The first-order valence-electron chi connectivity index (χ1n) is 9.55. The Morgan fingerprint density at radius 3 is 2.38 bits per heavy atom. The Balaban J connectivity index is 2.30. The predicted molar refractivity (Wildman–Crippen MR) is 110 cm³/mol. The molecule has 1 aromatic carbocycles. The van der Waals surface area contributed by atoms with Gasteiger partial charge in [-0.3, -0.25) is 0 Å². The van der Waals surface area contributed by atoms with E-state index < -0.39 is 8.07 Å². The van der Waals surface area contributed by atoms with E-state index in [1.807, 2.05) is 0 Å². The number of benzene rings is 1. The van der Waals surface area contributed by atoms with Crippen LogP contribution in [-0.2, 0) is 0 Å². The van der Waals surface area contributed by atoms with Crippen LogP contribution in [0.1, 0.15) is 56.2 Å². The van der Waals surface area contributed by atoms with E-state index in [0.717, 1.165) is 0 Å². The summed E-state index contributed by atoms with van der Waals surface area (Å²) in [4.78, 5) is 2.42. The fourth-order valence-electron chi connectivity index (χ4n) is 3.63. The summed E-state index contributed by atoms with van der Waals surface area (Å²) in [6.07, 6.45) is 11.6. The third-order valence-electron chi connectivity index (χ3n) is 5.09. The van der Waals surface area contributed by atoms with Gasteiger partial charge in [-0.15, -0.1) is 0 Å². The average Bonchev–Trinajstić information content (AvgIpc) is 2.52. The van der Waals surface area contributed by atoms with Gasteiger partial charge in [-0.25, -0.2) is 0 Å². The van der Waals surface area contributed by atoms with E-state index in [-0.39, 0.29) is 0 Å². The smallest absolute Gasteiger partial charge is 0.0798 e. The maximum Gasteiger partial charge on any atom is 0.0798 e. The minimum Gasteiger partial charge on any atom is -0.370 e. The van der Waals surface area contributed by atoms with Crippen molar-refractivity contribution in [2.24, 2.45) is 0 Å². The SMILES string of the molecule is CCCCCCC1=CC(c2ccccc2C)N(C)C=C1[Si](C)(C)C. The molecule has 0 N–H and O–H groups in total. The van der Waals surface area contributed by atoms with Crippen molar-refractivity contribution < 1.29 is 0 Å². The molecule has 1 aromatic rings. The second-order valence-corrected chi connectivity index (χ2v) is 13.3. The summed E-state index contributed by atoms with van der Waals surface area (Å²) in [5, 5.41) is 1.64. The van der Waals surface area contributed by atoms with Gasteiger partial charge in [0.05, 0.1) is 14.1 Å². The molecule has 1 nitrogen and oxygen atoms in total. The molecule has 2 rings (SSSR count). The lowest BCUT2D eigenvalue weighted by Crippen LogP contribution is -2.32. The highest BCUT2D eigenvalue weighted by atomic mass is 28.3. The summed E-state index contributed by atoms with van der Waals surface area (Å²) in [6, 6.07) is 9.21. The van der Waals surface area contributed by atoms with E-state index in [9.17, 15) is 0 Å². The van der Waals surface area contributed by atoms with Gasteiger partial charge >= 0.3 is 0 Å². The molecule has 0 fully saturated rings. The molecule has 24 heavy (non-hydrogen) atoms. The van der Waals surface area contributed by atoms with Crippen LogP contribution in [0.3, 0.4) is 0 Å². The summed E-state index contributed by atoms with van der Waals surface area (Å²) in [6.45, 7) is 11.9. The molecular formula is C22H35NSi. The fraction of sp³-hybridized carbons (Fsp3) is 0.545. The van der Waals surface area contributed by atoms with E-state index >= 15 is 0 Å². The van der Waals surface area contributed by atoms with Gasteiger partial charge in [0, 0.05) is 7.05 Å². The Labute approximate surface area is 150 Å². The maximum atomic E-state index is 2.56. The van der Waals surface area contributed by atoms with Gasteiger partial charge in [-0.05, 0) is 47.9 Å². The standard InChI is InChI=1S/C22H35NSi/c1-7-8-9-10-14-19-16-21(20-15-12-11-13-18(20)2)23(3)17-22(19)24(4,5)6/h11-13,15-17,21H,7-10,14H2,1-6H3. The van der Waals surface area contributed by atoms with Crippen LogP contribution in [0.25, 0.3) is 0 Å². The summed E-state index contributed by atoms with van der Waals surface area (Å²) in [5.74, 6) is 0. The van der Waals surface area contributed by atoms with Gasteiger partial charge in [0.1, 0.15) is 0 Å². The molecule has 1 atom stereocenters. The van der Waals surface area contributed by atoms with Crippen LogP contribution in [0.15, 0.2) is 47.3 Å². The number of allylic oxidation sites excluding steroid dienone is 2. The summed E-state index contributed by atoms with van der Waals surface area (Å²) >= 11 is 0. The Kier molecular flexibility index (Phi) is 6.51. The van der Waals surface area contributed by atoms with Crippen LogP contribution in [0.2, 0.25) is 19.6 Å². The summed E-state index contributed by atoms with van der Waals surface area (Å²) < 4.78 is 0. The maximum absolute atomic E-state index is 2.56. The van der Waals surface area contributed by atoms with Gasteiger partial charge in [0.2, 0.25) is 0 Å². The molecule has 1 aliphatic heterocycles. The molecule has 0 saturated carbocycles. The van der Waals surface area contributed by atoms with Crippen LogP contribution in [0.4, 0.5) is 0 Å². The monoisotopic (exact) mass is 341 g/mol. The van der Waals surface area contributed by atoms with E-state index in [1.54, 1.807) is 10.8 Å². The van der Waals surface area contributed by atoms with Crippen molar-refractivity contribution in [1.29, 1.82) is 0 Å². The Bertz CT molecular complexity index is 607. The van der Waals surface area contributed by atoms with Crippen LogP contribution in [0, 0.1) is 6.92 Å². The van der Waals surface area contributed by atoms with Crippen LogP contribution < -0.4 is 0 Å². The fourth-order valence-corrected chi connectivity index (χ4v) is 5.39. The Hall–Kier alpha value is -1.28. The number of rotatable bonds is 7. The van der Waals surface area contributed by atoms with E-state index in [4.69, 9.17) is 0 Å². The molecule has 132 valence electrons. The summed E-state index contributed by atoms with van der Waals surface area (Å²) in [7, 11) is 0.915. The topological polar surface area (TPSA) is 3.24 Å². The third-order valence-corrected chi connectivity index (χ3v) is 7.16. The normalized spacial score (nSPS) is 18.4. The molecular weight excluding hydrogens is 306 g/mol. The molecule has 1 heterocycles. The second kappa shape index (κ2) is 8.20. The number of nitrogens with zero attached hydrogens (tertiary/aromatic N) is 1. The van der Waals surface area contributed by atoms with Crippen molar-refractivity contribution in [3.63, 3.8) is 0 Å². The number of aryl methyl sites for hydroxylation is 1. The van der Waals surface area contributed by atoms with Crippen molar-refractivity contribution >= 4 is 8.07 Å². The van der Waals surface area contributed by atoms with E-state index in [1.165, 1.54) is 43.2 Å². The molecule has 0 spiro atoms. The highest BCUT2D eigenvalue weighted by Gasteiger charge is 2.29. The quantitative estimate of drug-likeness (QED) is 0.397. The minimum atomic E-state index is -1.32. The predicted octanol–water partition coefficient (Wildman–Crippen LogP) is 6.64. The van der Waals surface area contributed by atoms with E-state index in [0.29, 0.717) is 6.04 Å². The first-order chi connectivity index (χ1) is 11.3. The van der Waals surface area contributed by atoms with E-state index in [2.05, 4.69) is 82.0 Å². The van der Waals surface area contributed by atoms with Crippen LogP contribution in [-0.4, -0.2) is 20.0 Å². The first-order valence-corrected chi connectivity index (χ1v) is 13.1. The van der Waals surface area contributed by atoms with Gasteiger partial charge in [-0.2, -0.15) is 0 Å². The van der Waals surface area contributed by atoms with Crippen molar-refractivity contribution in [3.8, 4) is 0 Å². The molecule has 1 unspecified atom stereocenters. The number of unbranched alkanes of at least 4 members (excludes halogenated alkanes) is 3. The van der Waals surface area contributed by atoms with Gasteiger partial charge in [0.25, 0.3) is 0 Å². The molecule has 0 saturated heterocycles. The van der Waals surface area contributed by atoms with Gasteiger partial charge < -0.3 is 4.90 Å². The van der Waals surface area contributed by atoms with Gasteiger partial charge in [0.15, 0.2) is 0 Å². The zero-order valence-corrected chi connectivity index (χ0v) is 17.5. The number of hydrogen-bond donors (Lipinski definition) is 0. The lowest BCUT2D eigenvalue weighted by Gasteiger charge is -2.36. The Morgan fingerprint density at radius 2 is 1.75 bits per heavy atom. The molecule has 1 aliphatic rings. The Morgan fingerprint density at radius 1 is 1.04 bits per heavy atom. The van der Waals surface area contributed by atoms with Crippen molar-refractivity contribution in [3.05, 3.63) is 58.4 Å². The highest BCUT2D eigenvalue weighted by Crippen LogP contribution is 2.37. The molecule has 0 aromatic heterocycles. The molecule has 2 heteroatoms. The minimum absolute atomic E-state index is 0.382. The highest BCUT2D eigenvalue weighted by molar-refractivity contribution is 6.84. The third kappa shape index (κ3) is 4.63. The average molecular weight is 342 g/mol. The molecule has 0 amide bonds. The lowest BCUT2D eigenvalue weighted by atomic mass is 9.94. The second-order valence-electron chi connectivity index (χ2n) is 8.26. The lowest BCUT2D eigenvalue weighted by molar-refractivity contribution is 0.383. The zero-order valence-electron chi connectivity index (χ0n) is 16.5. The number of hydrogen-bond acceptors (Lipinski definition) is 1. The molecule has 0 aliphatic carbocycles. The molecule has 0 bridgehead atoms. The van der Waals surface area contributed by atoms with Crippen molar-refractivity contribution in [2.45, 2.75) is 71.6 Å². The zero-order chi connectivity index (χ0) is 17.7. The van der Waals surface area contributed by atoms with Crippen LogP contribution in [0.5, 0.6) is 0 Å². The number of likely N-dealkylation sites (N-methyl/N-ethyl adjacent to an activating group) is 1. The van der Waals surface area contributed by atoms with Gasteiger partial charge in [-0.1, -0.05) is 76.2 Å². The summed E-state index contributed by atoms with van der Waals surface area (Å²) in [5.41, 5.74) is 4.45. The molecule has 0 radical (unpaired) electrons. The van der Waals surface area contributed by atoms with Crippen molar-refractivity contribution in [1.82, 2.24) is 4.90 Å². The largest absolute Gasteiger partial charge is 0.370 e.